The second-order valence-electron chi connectivity index (χ2n) is 8.20. The minimum absolute atomic E-state index is 0.0813. The standard InChI is InChI=1S/C24H28N6O2/c1-17-11-18(2)23-20(12-17)13-21(24(32)25-23)15-29(9-6-10-31)16-22-26-27-28-30(22)14-19-7-4-3-5-8-19/h3-5,7-8,11-13,31H,6,9-10,14-16H2,1-2H3,(H,25,32). The predicted molar refractivity (Wildman–Crippen MR) is 123 cm³/mol. The third-order valence-electron chi connectivity index (χ3n) is 5.54. The SMILES string of the molecule is Cc1cc(C)c2[nH]c(=O)c(CN(CCCO)Cc3nnnn3Cc3ccccc3)cc2c1. The minimum atomic E-state index is -0.0951. The van der Waals surface area contributed by atoms with Crippen LogP contribution in [0.4, 0.5) is 0 Å². The van der Waals surface area contributed by atoms with E-state index in [4.69, 9.17) is 0 Å². The molecule has 0 atom stereocenters. The lowest BCUT2D eigenvalue weighted by Crippen LogP contribution is -2.29. The highest BCUT2D eigenvalue weighted by molar-refractivity contribution is 5.82. The number of aliphatic hydroxyl groups excluding tert-OH is 1. The van der Waals surface area contributed by atoms with Crippen molar-refractivity contribution in [3.8, 4) is 0 Å². The number of hydrogen-bond acceptors (Lipinski definition) is 6. The van der Waals surface area contributed by atoms with Gasteiger partial charge in [-0.25, -0.2) is 4.68 Å². The van der Waals surface area contributed by atoms with Crippen LogP contribution in [0.2, 0.25) is 0 Å². The van der Waals surface area contributed by atoms with E-state index in [9.17, 15) is 9.90 Å². The number of fused-ring (bicyclic) bond motifs is 1. The summed E-state index contributed by atoms with van der Waals surface area (Å²) in [6.07, 6.45) is 0.601. The number of aryl methyl sites for hydroxylation is 2. The third-order valence-corrected chi connectivity index (χ3v) is 5.54. The average molecular weight is 433 g/mol. The second kappa shape index (κ2) is 9.84. The number of hydrogen-bond donors (Lipinski definition) is 2. The van der Waals surface area contributed by atoms with Crippen molar-refractivity contribution in [2.45, 2.75) is 39.9 Å². The fraction of sp³-hybridized carbons (Fsp3) is 0.333. The molecule has 8 heteroatoms. The fourth-order valence-corrected chi connectivity index (χ4v) is 4.01. The minimum Gasteiger partial charge on any atom is -0.396 e. The molecule has 0 aliphatic heterocycles. The van der Waals surface area contributed by atoms with Crippen LogP contribution in [0.5, 0.6) is 0 Å². The zero-order valence-electron chi connectivity index (χ0n) is 18.5. The van der Waals surface area contributed by atoms with E-state index in [-0.39, 0.29) is 12.2 Å². The van der Waals surface area contributed by atoms with Crippen molar-refractivity contribution in [2.24, 2.45) is 0 Å². The van der Waals surface area contributed by atoms with Gasteiger partial charge in [0.2, 0.25) is 0 Å². The van der Waals surface area contributed by atoms with Gasteiger partial charge >= 0.3 is 0 Å². The molecule has 4 aromatic rings. The van der Waals surface area contributed by atoms with Gasteiger partial charge in [0, 0.05) is 25.3 Å². The Hall–Kier alpha value is -3.36. The summed E-state index contributed by atoms with van der Waals surface area (Å²) in [5.74, 6) is 0.718. The summed E-state index contributed by atoms with van der Waals surface area (Å²) in [5.41, 5.74) is 4.79. The molecule has 2 heterocycles. The number of pyridine rings is 1. The first kappa shape index (κ1) is 21.9. The van der Waals surface area contributed by atoms with E-state index in [0.29, 0.717) is 38.2 Å². The smallest absolute Gasteiger partial charge is 0.252 e. The Morgan fingerprint density at radius 3 is 2.69 bits per heavy atom. The van der Waals surface area contributed by atoms with Crippen LogP contribution in [0.3, 0.4) is 0 Å². The summed E-state index contributed by atoms with van der Waals surface area (Å²) in [5, 5.41) is 22.6. The largest absolute Gasteiger partial charge is 0.396 e. The molecule has 2 aromatic carbocycles. The zero-order valence-corrected chi connectivity index (χ0v) is 18.5. The number of tetrazole rings is 1. The number of nitrogens with one attached hydrogen (secondary N) is 1. The first-order valence-corrected chi connectivity index (χ1v) is 10.8. The molecule has 0 bridgehead atoms. The number of benzene rings is 2. The van der Waals surface area contributed by atoms with Crippen LogP contribution in [0.25, 0.3) is 10.9 Å². The molecular formula is C24H28N6O2. The second-order valence-corrected chi connectivity index (χ2v) is 8.20. The molecular weight excluding hydrogens is 404 g/mol. The van der Waals surface area contributed by atoms with Crippen molar-refractivity contribution in [1.82, 2.24) is 30.1 Å². The monoisotopic (exact) mass is 432 g/mol. The lowest BCUT2D eigenvalue weighted by atomic mass is 10.1. The van der Waals surface area contributed by atoms with Crippen molar-refractivity contribution in [2.75, 3.05) is 13.2 Å². The highest BCUT2D eigenvalue weighted by atomic mass is 16.3. The molecule has 0 aliphatic rings. The molecule has 0 fully saturated rings. The Morgan fingerprint density at radius 1 is 1.09 bits per heavy atom. The van der Waals surface area contributed by atoms with Gasteiger partial charge in [-0.05, 0) is 59.3 Å². The quantitative estimate of drug-likeness (QED) is 0.422. The maximum Gasteiger partial charge on any atom is 0.252 e. The van der Waals surface area contributed by atoms with Gasteiger partial charge in [0.25, 0.3) is 5.56 Å². The number of H-pyrrole nitrogens is 1. The van der Waals surface area contributed by atoms with Crippen LogP contribution >= 0.6 is 0 Å². The van der Waals surface area contributed by atoms with Crippen molar-refractivity contribution < 1.29 is 5.11 Å². The molecule has 0 saturated carbocycles. The van der Waals surface area contributed by atoms with Gasteiger partial charge in [0.15, 0.2) is 5.82 Å². The highest BCUT2D eigenvalue weighted by Crippen LogP contribution is 2.19. The Bertz CT molecular complexity index is 1250. The van der Waals surface area contributed by atoms with E-state index in [1.807, 2.05) is 43.3 Å². The van der Waals surface area contributed by atoms with Gasteiger partial charge in [-0.3, -0.25) is 9.69 Å². The molecule has 8 nitrogen and oxygen atoms in total. The Balaban J connectivity index is 1.58. The topological polar surface area (TPSA) is 99.9 Å². The van der Waals surface area contributed by atoms with Crippen LogP contribution in [0.1, 0.15) is 34.5 Å². The summed E-state index contributed by atoms with van der Waals surface area (Å²) in [4.78, 5) is 18.0. The Morgan fingerprint density at radius 2 is 1.91 bits per heavy atom. The molecule has 0 amide bonds. The van der Waals surface area contributed by atoms with Crippen molar-refractivity contribution >= 4 is 10.9 Å². The van der Waals surface area contributed by atoms with Crippen LogP contribution < -0.4 is 5.56 Å². The van der Waals surface area contributed by atoms with E-state index in [1.165, 1.54) is 0 Å². The van der Waals surface area contributed by atoms with E-state index in [2.05, 4.69) is 44.5 Å². The summed E-state index contributed by atoms with van der Waals surface area (Å²) in [7, 11) is 0. The summed E-state index contributed by atoms with van der Waals surface area (Å²) >= 11 is 0. The lowest BCUT2D eigenvalue weighted by molar-refractivity contribution is 0.206. The normalized spacial score (nSPS) is 11.5. The van der Waals surface area contributed by atoms with Crippen molar-refractivity contribution in [3.05, 3.63) is 87.0 Å². The van der Waals surface area contributed by atoms with Crippen molar-refractivity contribution in [1.29, 1.82) is 0 Å². The van der Waals surface area contributed by atoms with Gasteiger partial charge in [0.1, 0.15) is 0 Å². The fourth-order valence-electron chi connectivity index (χ4n) is 4.01. The van der Waals surface area contributed by atoms with Gasteiger partial charge < -0.3 is 10.1 Å². The average Bonchev–Trinajstić information content (AvgIpc) is 3.20. The summed E-state index contributed by atoms with van der Waals surface area (Å²) in [6, 6.07) is 16.1. The molecule has 0 saturated heterocycles. The summed E-state index contributed by atoms with van der Waals surface area (Å²) in [6.45, 7) is 6.26. The number of rotatable bonds is 9. The summed E-state index contributed by atoms with van der Waals surface area (Å²) < 4.78 is 1.78. The van der Waals surface area contributed by atoms with Crippen LogP contribution in [0, 0.1) is 13.8 Å². The van der Waals surface area contributed by atoms with Crippen LogP contribution in [-0.4, -0.2) is 48.3 Å². The highest BCUT2D eigenvalue weighted by Gasteiger charge is 2.15. The molecule has 32 heavy (non-hydrogen) atoms. The number of aromatic nitrogens is 5. The zero-order chi connectivity index (χ0) is 22.5. The molecule has 2 aromatic heterocycles. The third kappa shape index (κ3) is 5.09. The molecule has 4 rings (SSSR count). The maximum absolute atomic E-state index is 12.8. The van der Waals surface area contributed by atoms with Gasteiger partial charge in [-0.15, -0.1) is 5.10 Å². The number of aliphatic hydroxyl groups is 1. The molecule has 0 radical (unpaired) electrons. The van der Waals surface area contributed by atoms with Gasteiger partial charge in [-0.2, -0.15) is 0 Å². The van der Waals surface area contributed by atoms with Crippen molar-refractivity contribution in [3.63, 3.8) is 0 Å². The van der Waals surface area contributed by atoms with Gasteiger partial charge in [-0.1, -0.05) is 42.0 Å². The molecule has 0 unspecified atom stereocenters. The molecule has 166 valence electrons. The molecule has 2 N–H and O–H groups in total. The van der Waals surface area contributed by atoms with E-state index >= 15 is 0 Å². The molecule has 0 aliphatic carbocycles. The van der Waals surface area contributed by atoms with E-state index in [1.54, 1.807) is 4.68 Å². The van der Waals surface area contributed by atoms with E-state index in [0.717, 1.165) is 33.4 Å². The van der Waals surface area contributed by atoms with Gasteiger partial charge in [0.05, 0.1) is 18.6 Å². The lowest BCUT2D eigenvalue weighted by Gasteiger charge is -2.21. The maximum atomic E-state index is 12.8. The van der Waals surface area contributed by atoms with E-state index < -0.39 is 0 Å². The molecule has 0 spiro atoms. The first-order valence-electron chi connectivity index (χ1n) is 10.8. The Labute approximate surface area is 186 Å². The first-order chi connectivity index (χ1) is 15.5. The van der Waals surface area contributed by atoms with Crippen LogP contribution in [0.15, 0.2) is 53.3 Å². The number of nitrogens with zero attached hydrogens (tertiary/aromatic N) is 5. The predicted octanol–water partition coefficient (Wildman–Crippen LogP) is 2.56. The number of aromatic amines is 1. The van der Waals surface area contributed by atoms with Crippen LogP contribution in [-0.2, 0) is 19.6 Å². The Kier molecular flexibility index (Phi) is 6.72.